The van der Waals surface area contributed by atoms with Crippen LogP contribution >= 0.6 is 11.6 Å². The summed E-state index contributed by atoms with van der Waals surface area (Å²) in [4.78, 5) is 2.00. The monoisotopic (exact) mass is 268 g/mol. The van der Waals surface area contributed by atoms with Crippen LogP contribution in [0, 0.1) is 11.3 Å². The van der Waals surface area contributed by atoms with Gasteiger partial charge in [0, 0.05) is 36.5 Å². The molecule has 18 heavy (non-hydrogen) atoms. The SMILES string of the molecule is COCCN(CCC#N)c1cc(Cl)ccc1CO. The summed E-state index contributed by atoms with van der Waals surface area (Å²) < 4.78 is 5.06. The number of hydrogen-bond donors (Lipinski definition) is 1. The topological polar surface area (TPSA) is 56.5 Å². The maximum Gasteiger partial charge on any atom is 0.0702 e. The Kier molecular flexibility index (Phi) is 6.51. The van der Waals surface area contributed by atoms with E-state index in [0.29, 0.717) is 31.1 Å². The number of hydrogen-bond acceptors (Lipinski definition) is 4. The first-order chi connectivity index (χ1) is 8.72. The van der Waals surface area contributed by atoms with Gasteiger partial charge in [0.05, 0.1) is 25.7 Å². The van der Waals surface area contributed by atoms with E-state index in [0.717, 1.165) is 11.3 Å². The van der Waals surface area contributed by atoms with Crippen LogP contribution in [0.4, 0.5) is 5.69 Å². The molecule has 1 N–H and O–H groups in total. The Labute approximate surface area is 112 Å². The molecule has 0 aromatic heterocycles. The van der Waals surface area contributed by atoms with Crippen LogP contribution in [0.25, 0.3) is 0 Å². The van der Waals surface area contributed by atoms with Crippen LogP contribution in [0.2, 0.25) is 5.02 Å². The van der Waals surface area contributed by atoms with Crippen LogP contribution in [-0.4, -0.2) is 31.9 Å². The molecule has 98 valence electrons. The van der Waals surface area contributed by atoms with Gasteiger partial charge in [0.25, 0.3) is 0 Å². The Hall–Kier alpha value is -1.28. The van der Waals surface area contributed by atoms with E-state index in [1.54, 1.807) is 25.3 Å². The van der Waals surface area contributed by atoms with Crippen molar-refractivity contribution in [2.45, 2.75) is 13.0 Å². The maximum absolute atomic E-state index is 9.34. The van der Waals surface area contributed by atoms with Gasteiger partial charge in [-0.15, -0.1) is 0 Å². The number of nitrogens with zero attached hydrogens (tertiary/aromatic N) is 2. The van der Waals surface area contributed by atoms with Gasteiger partial charge in [0.2, 0.25) is 0 Å². The zero-order valence-electron chi connectivity index (χ0n) is 10.4. The normalized spacial score (nSPS) is 10.1. The minimum atomic E-state index is -0.0530. The van der Waals surface area contributed by atoms with Crippen LogP contribution in [0.15, 0.2) is 18.2 Å². The molecule has 1 aromatic carbocycles. The lowest BCUT2D eigenvalue weighted by atomic mass is 10.1. The van der Waals surface area contributed by atoms with Crippen LogP contribution in [0.5, 0.6) is 0 Å². The molecule has 1 rings (SSSR count). The van der Waals surface area contributed by atoms with Gasteiger partial charge in [0.15, 0.2) is 0 Å². The number of nitriles is 1. The van der Waals surface area contributed by atoms with Gasteiger partial charge in [-0.3, -0.25) is 0 Å². The quantitative estimate of drug-likeness (QED) is 0.824. The number of rotatable bonds is 7. The van der Waals surface area contributed by atoms with Crippen molar-refractivity contribution >= 4 is 17.3 Å². The largest absolute Gasteiger partial charge is 0.392 e. The fourth-order valence-electron chi connectivity index (χ4n) is 1.70. The molecule has 1 aromatic rings. The number of aliphatic hydroxyl groups excluding tert-OH is 1. The van der Waals surface area contributed by atoms with Gasteiger partial charge in [0.1, 0.15) is 0 Å². The first-order valence-electron chi connectivity index (χ1n) is 5.73. The Balaban J connectivity index is 2.94. The third-order valence-electron chi connectivity index (χ3n) is 2.62. The lowest BCUT2D eigenvalue weighted by Gasteiger charge is -2.26. The number of methoxy groups -OCH3 is 1. The number of anilines is 1. The fourth-order valence-corrected chi connectivity index (χ4v) is 1.87. The van der Waals surface area contributed by atoms with Gasteiger partial charge in [-0.05, 0) is 12.1 Å². The van der Waals surface area contributed by atoms with E-state index in [1.807, 2.05) is 4.90 Å². The summed E-state index contributed by atoms with van der Waals surface area (Å²) in [5.74, 6) is 0. The van der Waals surface area contributed by atoms with Crippen LogP contribution in [0.1, 0.15) is 12.0 Å². The highest BCUT2D eigenvalue weighted by atomic mass is 35.5. The molecule has 0 aliphatic heterocycles. The van der Waals surface area contributed by atoms with E-state index < -0.39 is 0 Å². The van der Waals surface area contributed by atoms with E-state index in [-0.39, 0.29) is 6.61 Å². The van der Waals surface area contributed by atoms with E-state index in [2.05, 4.69) is 6.07 Å². The minimum Gasteiger partial charge on any atom is -0.392 e. The first kappa shape index (κ1) is 14.8. The standard InChI is InChI=1S/C13H17ClN2O2/c1-18-8-7-16(6-2-5-15)13-9-12(14)4-3-11(13)10-17/h3-4,9,17H,2,6-8,10H2,1H3. The molecule has 4 nitrogen and oxygen atoms in total. The molecule has 5 heteroatoms. The average Bonchev–Trinajstić information content (AvgIpc) is 2.39. The maximum atomic E-state index is 9.34. The van der Waals surface area contributed by atoms with Crippen LogP contribution in [-0.2, 0) is 11.3 Å². The second kappa shape index (κ2) is 7.93. The van der Waals surface area contributed by atoms with E-state index in [9.17, 15) is 5.11 Å². The number of ether oxygens (including phenoxy) is 1. The molecule has 0 saturated heterocycles. The summed E-state index contributed by atoms with van der Waals surface area (Å²) in [6.45, 7) is 1.75. The number of benzene rings is 1. The molecular formula is C13H17ClN2O2. The summed E-state index contributed by atoms with van der Waals surface area (Å²) in [5.41, 5.74) is 1.66. The van der Waals surface area contributed by atoms with Crippen molar-refractivity contribution in [3.63, 3.8) is 0 Å². The third kappa shape index (κ3) is 4.19. The summed E-state index contributed by atoms with van der Waals surface area (Å²) >= 11 is 5.98. The van der Waals surface area contributed by atoms with E-state index in [4.69, 9.17) is 21.6 Å². The van der Waals surface area contributed by atoms with Crippen molar-refractivity contribution < 1.29 is 9.84 Å². The molecule has 0 spiro atoms. The smallest absolute Gasteiger partial charge is 0.0702 e. The van der Waals surface area contributed by atoms with Crippen molar-refractivity contribution in [1.82, 2.24) is 0 Å². The Morgan fingerprint density at radius 2 is 2.22 bits per heavy atom. The molecule has 0 amide bonds. The Bertz CT molecular complexity index is 418. The number of aliphatic hydroxyl groups is 1. The van der Waals surface area contributed by atoms with Crippen molar-refractivity contribution in [3.8, 4) is 6.07 Å². The molecule has 0 heterocycles. The summed E-state index contributed by atoms with van der Waals surface area (Å²) in [5, 5.41) is 18.6. The Morgan fingerprint density at radius 3 is 2.83 bits per heavy atom. The van der Waals surface area contributed by atoms with Crippen molar-refractivity contribution in [3.05, 3.63) is 28.8 Å². The molecule has 0 atom stereocenters. The zero-order valence-corrected chi connectivity index (χ0v) is 11.2. The molecule has 0 unspecified atom stereocenters. The molecule has 0 aliphatic carbocycles. The summed E-state index contributed by atoms with van der Waals surface area (Å²) in [6, 6.07) is 7.47. The predicted molar refractivity (Wildman–Crippen MR) is 71.7 cm³/mol. The second-order valence-corrected chi connectivity index (χ2v) is 4.26. The molecule has 0 aliphatic rings. The highest BCUT2D eigenvalue weighted by molar-refractivity contribution is 6.30. The molecule has 0 bridgehead atoms. The summed E-state index contributed by atoms with van der Waals surface area (Å²) in [7, 11) is 1.63. The van der Waals surface area contributed by atoms with E-state index >= 15 is 0 Å². The minimum absolute atomic E-state index is 0.0530. The molecule has 0 saturated carbocycles. The van der Waals surface area contributed by atoms with Crippen LogP contribution in [0.3, 0.4) is 0 Å². The first-order valence-corrected chi connectivity index (χ1v) is 6.10. The lowest BCUT2D eigenvalue weighted by Crippen LogP contribution is -2.29. The van der Waals surface area contributed by atoms with Gasteiger partial charge < -0.3 is 14.7 Å². The molecular weight excluding hydrogens is 252 g/mol. The lowest BCUT2D eigenvalue weighted by molar-refractivity contribution is 0.205. The van der Waals surface area contributed by atoms with E-state index in [1.165, 1.54) is 0 Å². The van der Waals surface area contributed by atoms with Gasteiger partial charge >= 0.3 is 0 Å². The zero-order chi connectivity index (χ0) is 13.4. The van der Waals surface area contributed by atoms with Crippen molar-refractivity contribution in [1.29, 1.82) is 5.26 Å². The van der Waals surface area contributed by atoms with Gasteiger partial charge in [-0.1, -0.05) is 17.7 Å². The second-order valence-electron chi connectivity index (χ2n) is 3.82. The fraction of sp³-hybridized carbons (Fsp3) is 0.462. The highest BCUT2D eigenvalue weighted by Gasteiger charge is 2.11. The van der Waals surface area contributed by atoms with Crippen LogP contribution < -0.4 is 4.90 Å². The summed E-state index contributed by atoms with van der Waals surface area (Å²) in [6.07, 6.45) is 0.418. The van der Waals surface area contributed by atoms with Gasteiger partial charge in [-0.25, -0.2) is 0 Å². The third-order valence-corrected chi connectivity index (χ3v) is 2.85. The highest BCUT2D eigenvalue weighted by Crippen LogP contribution is 2.25. The molecule has 0 fully saturated rings. The van der Waals surface area contributed by atoms with Gasteiger partial charge in [-0.2, -0.15) is 5.26 Å². The average molecular weight is 269 g/mol. The van der Waals surface area contributed by atoms with Crippen molar-refractivity contribution in [2.24, 2.45) is 0 Å². The van der Waals surface area contributed by atoms with Crippen molar-refractivity contribution in [2.75, 3.05) is 31.7 Å². The predicted octanol–water partition coefficient (Wildman–Crippen LogP) is 2.20. The number of halogens is 1. The molecule has 0 radical (unpaired) electrons. The Morgan fingerprint density at radius 1 is 1.44 bits per heavy atom.